The Morgan fingerprint density at radius 1 is 1.21 bits per heavy atom. The molecule has 0 saturated carbocycles. The van der Waals surface area contributed by atoms with Gasteiger partial charge < -0.3 is 19.7 Å². The molecule has 2 atom stereocenters. The number of esters is 1. The maximum atomic E-state index is 12.7. The highest BCUT2D eigenvalue weighted by molar-refractivity contribution is 7.21. The number of ether oxygens (including phenoxy) is 2. The summed E-state index contributed by atoms with van der Waals surface area (Å²) in [6.45, 7) is 5.75. The van der Waals surface area contributed by atoms with Crippen LogP contribution >= 0.6 is 11.3 Å². The SMILES string of the molecule is CCOC(C1CCN(c2ncnc3sc(C(=O)OC)c(-c4ccccc4)c23)CC1)C1CCCN1. The van der Waals surface area contributed by atoms with Crippen molar-refractivity contribution in [1.82, 2.24) is 15.3 Å². The van der Waals surface area contributed by atoms with Gasteiger partial charge in [-0.05, 0) is 50.6 Å². The third-order valence-corrected chi connectivity index (χ3v) is 8.14. The zero-order valence-corrected chi connectivity index (χ0v) is 20.6. The first-order valence-corrected chi connectivity index (χ1v) is 13.0. The minimum atomic E-state index is -0.338. The summed E-state index contributed by atoms with van der Waals surface area (Å²) < 4.78 is 11.4. The molecule has 3 aromatic rings. The molecule has 0 amide bonds. The van der Waals surface area contributed by atoms with Gasteiger partial charge in [-0.15, -0.1) is 11.3 Å². The van der Waals surface area contributed by atoms with E-state index in [4.69, 9.17) is 14.5 Å². The predicted octanol–water partition coefficient (Wildman–Crippen LogP) is 4.52. The number of hydrogen-bond acceptors (Lipinski definition) is 8. The average Bonchev–Trinajstić information content (AvgIpc) is 3.56. The number of piperidine rings is 1. The van der Waals surface area contributed by atoms with Crippen molar-refractivity contribution in [2.75, 3.05) is 38.3 Å². The molecule has 34 heavy (non-hydrogen) atoms. The molecule has 0 bridgehead atoms. The van der Waals surface area contributed by atoms with Crippen LogP contribution in [0.2, 0.25) is 0 Å². The van der Waals surface area contributed by atoms with Crippen LogP contribution in [0, 0.1) is 5.92 Å². The number of carbonyl (C=O) groups excluding carboxylic acids is 1. The highest BCUT2D eigenvalue weighted by Crippen LogP contribution is 2.43. The van der Waals surface area contributed by atoms with Crippen LogP contribution in [0.15, 0.2) is 36.7 Å². The zero-order chi connectivity index (χ0) is 23.5. The van der Waals surface area contributed by atoms with E-state index in [1.165, 1.54) is 31.3 Å². The van der Waals surface area contributed by atoms with E-state index in [0.29, 0.717) is 16.8 Å². The lowest BCUT2D eigenvalue weighted by Gasteiger charge is -2.38. The van der Waals surface area contributed by atoms with Gasteiger partial charge in [-0.25, -0.2) is 14.8 Å². The molecule has 0 aliphatic carbocycles. The molecule has 4 heterocycles. The molecule has 5 rings (SSSR count). The Balaban J connectivity index is 1.47. The van der Waals surface area contributed by atoms with Crippen LogP contribution in [0.4, 0.5) is 5.82 Å². The summed E-state index contributed by atoms with van der Waals surface area (Å²) in [7, 11) is 1.42. The highest BCUT2D eigenvalue weighted by atomic mass is 32.1. The summed E-state index contributed by atoms with van der Waals surface area (Å²) in [6, 6.07) is 10.5. The van der Waals surface area contributed by atoms with E-state index >= 15 is 0 Å². The number of aromatic nitrogens is 2. The van der Waals surface area contributed by atoms with Gasteiger partial charge in [-0.1, -0.05) is 30.3 Å². The third-order valence-electron chi connectivity index (χ3n) is 7.06. The number of benzene rings is 1. The van der Waals surface area contributed by atoms with Crippen molar-refractivity contribution in [3.8, 4) is 11.1 Å². The first-order valence-electron chi connectivity index (χ1n) is 12.2. The Labute approximate surface area is 204 Å². The van der Waals surface area contributed by atoms with Gasteiger partial charge in [-0.3, -0.25) is 0 Å². The van der Waals surface area contributed by atoms with Crippen molar-refractivity contribution < 1.29 is 14.3 Å². The molecule has 2 unspecified atom stereocenters. The Bertz CT molecular complexity index is 1120. The quantitative estimate of drug-likeness (QED) is 0.498. The van der Waals surface area contributed by atoms with Gasteiger partial charge in [0.05, 0.1) is 18.6 Å². The number of methoxy groups -OCH3 is 1. The number of rotatable bonds is 7. The van der Waals surface area contributed by atoms with Crippen LogP contribution in [0.5, 0.6) is 0 Å². The normalized spacial score (nSPS) is 20.1. The summed E-state index contributed by atoms with van der Waals surface area (Å²) in [5.74, 6) is 1.10. The molecule has 2 aliphatic heterocycles. The van der Waals surface area contributed by atoms with Gasteiger partial charge in [0.1, 0.15) is 21.9 Å². The fraction of sp³-hybridized carbons (Fsp3) is 0.500. The molecule has 0 spiro atoms. The topological polar surface area (TPSA) is 76.6 Å². The largest absolute Gasteiger partial charge is 0.465 e. The first-order chi connectivity index (χ1) is 16.7. The Morgan fingerprint density at radius 3 is 2.68 bits per heavy atom. The molecule has 2 aliphatic rings. The van der Waals surface area contributed by atoms with Gasteiger partial charge in [0, 0.05) is 31.3 Å². The maximum absolute atomic E-state index is 12.7. The average molecular weight is 481 g/mol. The van der Waals surface area contributed by atoms with E-state index in [9.17, 15) is 4.79 Å². The molecular formula is C26H32N4O3S. The fourth-order valence-electron chi connectivity index (χ4n) is 5.48. The second-order valence-electron chi connectivity index (χ2n) is 8.99. The molecule has 1 N–H and O–H groups in total. The number of nitrogens with one attached hydrogen (secondary N) is 1. The summed E-state index contributed by atoms with van der Waals surface area (Å²) in [5, 5.41) is 4.59. The lowest BCUT2D eigenvalue weighted by molar-refractivity contribution is -0.00955. The van der Waals surface area contributed by atoms with Crippen molar-refractivity contribution >= 4 is 33.3 Å². The van der Waals surface area contributed by atoms with E-state index in [1.54, 1.807) is 6.33 Å². The molecule has 8 heteroatoms. The Morgan fingerprint density at radius 2 is 2.00 bits per heavy atom. The fourth-order valence-corrected chi connectivity index (χ4v) is 6.56. The van der Waals surface area contributed by atoms with Crippen LogP contribution in [0.25, 0.3) is 21.3 Å². The van der Waals surface area contributed by atoms with Gasteiger partial charge in [-0.2, -0.15) is 0 Å². The molecular weight excluding hydrogens is 448 g/mol. The van der Waals surface area contributed by atoms with Gasteiger partial charge in [0.25, 0.3) is 0 Å². The van der Waals surface area contributed by atoms with Crippen LogP contribution in [-0.4, -0.2) is 61.4 Å². The highest BCUT2D eigenvalue weighted by Gasteiger charge is 2.35. The monoisotopic (exact) mass is 480 g/mol. The second-order valence-corrected chi connectivity index (χ2v) is 9.99. The van der Waals surface area contributed by atoms with E-state index in [1.807, 2.05) is 30.3 Å². The lowest BCUT2D eigenvalue weighted by atomic mass is 9.86. The number of anilines is 1. The van der Waals surface area contributed by atoms with Crippen LogP contribution in [0.1, 0.15) is 42.3 Å². The molecule has 2 saturated heterocycles. The number of carbonyl (C=O) groups is 1. The smallest absolute Gasteiger partial charge is 0.348 e. The predicted molar refractivity (Wildman–Crippen MR) is 136 cm³/mol. The zero-order valence-electron chi connectivity index (χ0n) is 19.8. The van der Waals surface area contributed by atoms with Crippen LogP contribution in [-0.2, 0) is 9.47 Å². The van der Waals surface area contributed by atoms with E-state index in [2.05, 4.69) is 22.1 Å². The van der Waals surface area contributed by atoms with E-state index in [0.717, 1.165) is 66.2 Å². The number of hydrogen-bond donors (Lipinski definition) is 1. The standard InChI is InChI=1S/C26H32N4O3S/c1-3-33-22(19-10-7-13-27-19)18-11-14-30(15-12-18)24-21-20(17-8-5-4-6-9-17)23(26(31)32-2)34-25(21)29-16-28-24/h4-6,8-9,16,18-19,22,27H,3,7,10-15H2,1-2H3. The number of thiophene rings is 1. The first kappa shape index (κ1) is 23.2. The Hall–Kier alpha value is -2.55. The van der Waals surface area contributed by atoms with Gasteiger partial charge in [0.15, 0.2) is 0 Å². The third kappa shape index (κ3) is 4.42. The van der Waals surface area contributed by atoms with E-state index in [-0.39, 0.29) is 12.1 Å². The molecule has 2 aromatic heterocycles. The summed E-state index contributed by atoms with van der Waals surface area (Å²) in [5.41, 5.74) is 1.84. The molecule has 180 valence electrons. The van der Waals surface area contributed by atoms with Crippen LogP contribution < -0.4 is 10.2 Å². The van der Waals surface area contributed by atoms with Crippen molar-refractivity contribution in [1.29, 1.82) is 0 Å². The Kier molecular flexibility index (Phi) is 7.08. The molecule has 2 fully saturated rings. The van der Waals surface area contributed by atoms with Crippen LogP contribution in [0.3, 0.4) is 0 Å². The van der Waals surface area contributed by atoms with E-state index < -0.39 is 0 Å². The van der Waals surface area contributed by atoms with Gasteiger partial charge >= 0.3 is 5.97 Å². The summed E-state index contributed by atoms with van der Waals surface area (Å²) in [4.78, 5) is 25.7. The van der Waals surface area contributed by atoms with Crippen molar-refractivity contribution in [2.24, 2.45) is 5.92 Å². The minimum Gasteiger partial charge on any atom is -0.465 e. The second kappa shape index (κ2) is 10.4. The minimum absolute atomic E-state index is 0.270. The molecule has 7 nitrogen and oxygen atoms in total. The summed E-state index contributed by atoms with van der Waals surface area (Å²) in [6.07, 6.45) is 6.43. The number of nitrogens with zero attached hydrogens (tertiary/aromatic N) is 3. The van der Waals surface area contributed by atoms with Crippen molar-refractivity contribution in [3.63, 3.8) is 0 Å². The lowest BCUT2D eigenvalue weighted by Crippen LogP contribution is -2.46. The van der Waals surface area contributed by atoms with Crippen molar-refractivity contribution in [2.45, 2.75) is 44.8 Å². The molecule has 0 radical (unpaired) electrons. The molecule has 1 aromatic carbocycles. The maximum Gasteiger partial charge on any atom is 0.348 e. The van der Waals surface area contributed by atoms with Crippen molar-refractivity contribution in [3.05, 3.63) is 41.5 Å². The summed E-state index contributed by atoms with van der Waals surface area (Å²) >= 11 is 1.38. The van der Waals surface area contributed by atoms with Gasteiger partial charge in [0.2, 0.25) is 0 Å². The number of fused-ring (bicyclic) bond motifs is 1.